The van der Waals surface area contributed by atoms with Gasteiger partial charge in [-0.05, 0) is 68.5 Å². The van der Waals surface area contributed by atoms with Crippen molar-refractivity contribution in [1.29, 1.82) is 0 Å². The van der Waals surface area contributed by atoms with Crippen molar-refractivity contribution in [1.82, 2.24) is 9.97 Å². The van der Waals surface area contributed by atoms with Crippen molar-refractivity contribution in [3.63, 3.8) is 0 Å². The molecule has 0 aliphatic heterocycles. The minimum absolute atomic E-state index is 0.155. The maximum atomic E-state index is 12.3. The van der Waals surface area contributed by atoms with Crippen LogP contribution in [-0.2, 0) is 28.8 Å². The number of hydrogen-bond donors (Lipinski definition) is 0. The lowest BCUT2D eigenvalue weighted by atomic mass is 10.0. The third kappa shape index (κ3) is 4.75. The number of Topliss-reactive ketones (excluding diaryl/α,β-unsaturated/α-hetero) is 1. The highest BCUT2D eigenvalue weighted by Gasteiger charge is 2.16. The third-order valence-electron chi connectivity index (χ3n) is 4.95. The van der Waals surface area contributed by atoms with Crippen LogP contribution in [0.25, 0.3) is 0 Å². The number of fused-ring (bicyclic) bond motifs is 1. The molecule has 1 heterocycles. The van der Waals surface area contributed by atoms with Crippen LogP contribution in [-0.4, -0.2) is 34.6 Å². The van der Waals surface area contributed by atoms with E-state index in [0.717, 1.165) is 41.4 Å². The van der Waals surface area contributed by atoms with Crippen molar-refractivity contribution >= 4 is 23.5 Å². The van der Waals surface area contributed by atoms with Gasteiger partial charge in [0.25, 0.3) is 0 Å². The second-order valence-corrected chi connectivity index (χ2v) is 7.55. The summed E-state index contributed by atoms with van der Waals surface area (Å²) in [6, 6.07) is 5.79. The van der Waals surface area contributed by atoms with Gasteiger partial charge in [-0.3, -0.25) is 9.59 Å². The van der Waals surface area contributed by atoms with Crippen LogP contribution in [0.5, 0.6) is 0 Å². The number of ether oxygens (including phenoxy) is 1. The molecule has 0 saturated heterocycles. The topological polar surface area (TPSA) is 69.2 Å². The molecular weight excluding hydrogens is 360 g/mol. The number of hydrogen-bond acceptors (Lipinski definition) is 6. The van der Waals surface area contributed by atoms with Crippen molar-refractivity contribution in [2.45, 2.75) is 51.1 Å². The van der Waals surface area contributed by atoms with Gasteiger partial charge in [-0.1, -0.05) is 23.9 Å². The maximum absolute atomic E-state index is 12.3. The number of ketones is 1. The van der Waals surface area contributed by atoms with Gasteiger partial charge in [-0.2, -0.15) is 0 Å². The standard InChI is InChI=1S/C21H24N2O3S/c1-13-18(14(2)23-21(22-13)27-3)9-10-20(25)26-12-19(24)17-8-7-15-5-4-6-16(15)11-17/h7-8,11H,4-6,9-10,12H2,1-3H3. The zero-order chi connectivity index (χ0) is 19.4. The van der Waals surface area contributed by atoms with E-state index in [1.807, 2.05) is 38.3 Å². The number of nitrogens with zero attached hydrogens (tertiary/aromatic N) is 2. The zero-order valence-corrected chi connectivity index (χ0v) is 16.8. The van der Waals surface area contributed by atoms with Crippen molar-refractivity contribution in [3.05, 3.63) is 51.8 Å². The molecular formula is C21H24N2O3S. The van der Waals surface area contributed by atoms with Crippen molar-refractivity contribution < 1.29 is 14.3 Å². The van der Waals surface area contributed by atoms with Crippen LogP contribution in [0, 0.1) is 13.8 Å². The molecule has 27 heavy (non-hydrogen) atoms. The molecule has 1 aliphatic rings. The predicted octanol–water partition coefficient (Wildman–Crippen LogP) is 3.66. The van der Waals surface area contributed by atoms with Crippen LogP contribution in [0.2, 0.25) is 0 Å². The van der Waals surface area contributed by atoms with Crippen LogP contribution in [0.15, 0.2) is 23.4 Å². The molecule has 3 rings (SSSR count). The summed E-state index contributed by atoms with van der Waals surface area (Å²) in [5, 5.41) is 0.733. The lowest BCUT2D eigenvalue weighted by Crippen LogP contribution is -2.15. The summed E-state index contributed by atoms with van der Waals surface area (Å²) in [7, 11) is 0. The fourth-order valence-corrected chi connectivity index (χ4v) is 3.89. The summed E-state index contributed by atoms with van der Waals surface area (Å²) in [5.41, 5.74) is 5.92. The number of aryl methyl sites for hydroxylation is 4. The highest BCUT2D eigenvalue weighted by molar-refractivity contribution is 7.98. The Bertz CT molecular complexity index is 857. The Labute approximate surface area is 163 Å². The van der Waals surface area contributed by atoms with E-state index < -0.39 is 0 Å². The predicted molar refractivity (Wildman–Crippen MR) is 105 cm³/mol. The fraction of sp³-hybridized carbons (Fsp3) is 0.429. The average Bonchev–Trinajstić information content (AvgIpc) is 3.12. The van der Waals surface area contributed by atoms with Crippen LogP contribution < -0.4 is 0 Å². The summed E-state index contributed by atoms with van der Waals surface area (Å²) in [6.07, 6.45) is 5.90. The van der Waals surface area contributed by atoms with Crippen LogP contribution >= 0.6 is 11.8 Å². The highest BCUT2D eigenvalue weighted by atomic mass is 32.2. The molecule has 142 valence electrons. The van der Waals surface area contributed by atoms with Crippen molar-refractivity contribution in [2.75, 3.05) is 12.9 Å². The van der Waals surface area contributed by atoms with Gasteiger partial charge in [0, 0.05) is 23.4 Å². The summed E-state index contributed by atoms with van der Waals surface area (Å²) < 4.78 is 5.19. The van der Waals surface area contributed by atoms with E-state index in [-0.39, 0.29) is 24.8 Å². The minimum atomic E-state index is -0.378. The minimum Gasteiger partial charge on any atom is -0.457 e. The number of rotatable bonds is 7. The van der Waals surface area contributed by atoms with E-state index in [0.29, 0.717) is 12.0 Å². The number of thioether (sulfide) groups is 1. The summed E-state index contributed by atoms with van der Waals surface area (Å²) >= 11 is 1.50. The van der Waals surface area contributed by atoms with E-state index in [9.17, 15) is 9.59 Å². The molecule has 0 bridgehead atoms. The lowest BCUT2D eigenvalue weighted by Gasteiger charge is -2.10. The van der Waals surface area contributed by atoms with E-state index in [2.05, 4.69) is 9.97 Å². The molecule has 0 atom stereocenters. The van der Waals surface area contributed by atoms with Gasteiger partial charge in [0.05, 0.1) is 0 Å². The Morgan fingerprint density at radius 1 is 1.11 bits per heavy atom. The largest absolute Gasteiger partial charge is 0.457 e. The lowest BCUT2D eigenvalue weighted by molar-refractivity contribution is -0.142. The SMILES string of the molecule is CSc1nc(C)c(CCC(=O)OCC(=O)c2ccc3c(c2)CCC3)c(C)n1. The monoisotopic (exact) mass is 384 g/mol. The van der Waals surface area contributed by atoms with Gasteiger partial charge in [-0.25, -0.2) is 9.97 Å². The van der Waals surface area contributed by atoms with Crippen molar-refractivity contribution in [2.24, 2.45) is 0 Å². The van der Waals surface area contributed by atoms with Crippen LogP contribution in [0.3, 0.4) is 0 Å². The molecule has 0 saturated carbocycles. The number of benzene rings is 1. The molecule has 5 nitrogen and oxygen atoms in total. The molecule has 0 radical (unpaired) electrons. The summed E-state index contributed by atoms with van der Waals surface area (Å²) in [4.78, 5) is 33.2. The van der Waals surface area contributed by atoms with Gasteiger partial charge in [0.2, 0.25) is 0 Å². The van der Waals surface area contributed by atoms with Gasteiger partial charge >= 0.3 is 5.97 Å². The number of esters is 1. The second kappa shape index (κ2) is 8.65. The molecule has 1 aromatic carbocycles. The first-order chi connectivity index (χ1) is 13.0. The Morgan fingerprint density at radius 3 is 2.52 bits per heavy atom. The van der Waals surface area contributed by atoms with Gasteiger partial charge < -0.3 is 4.74 Å². The molecule has 1 aliphatic carbocycles. The normalized spacial score (nSPS) is 12.7. The van der Waals surface area contributed by atoms with Crippen molar-refractivity contribution in [3.8, 4) is 0 Å². The number of carbonyl (C=O) groups excluding carboxylic acids is 2. The summed E-state index contributed by atoms with van der Waals surface area (Å²) in [5.74, 6) is -0.532. The van der Waals surface area contributed by atoms with E-state index in [1.165, 1.54) is 22.9 Å². The Kier molecular flexibility index (Phi) is 6.26. The van der Waals surface area contributed by atoms with Crippen LogP contribution in [0.1, 0.15) is 51.3 Å². The molecule has 0 amide bonds. The Hall–Kier alpha value is -2.21. The van der Waals surface area contributed by atoms with Crippen LogP contribution in [0.4, 0.5) is 0 Å². The van der Waals surface area contributed by atoms with Gasteiger partial charge in [-0.15, -0.1) is 0 Å². The van der Waals surface area contributed by atoms with Gasteiger partial charge in [0.15, 0.2) is 17.5 Å². The molecule has 1 aromatic heterocycles. The average molecular weight is 385 g/mol. The highest BCUT2D eigenvalue weighted by Crippen LogP contribution is 2.23. The first-order valence-electron chi connectivity index (χ1n) is 9.16. The fourth-order valence-electron chi connectivity index (χ4n) is 3.44. The first kappa shape index (κ1) is 19.5. The zero-order valence-electron chi connectivity index (χ0n) is 16.0. The molecule has 6 heteroatoms. The third-order valence-corrected chi connectivity index (χ3v) is 5.49. The quantitative estimate of drug-likeness (QED) is 0.314. The molecule has 0 spiro atoms. The number of carbonyl (C=O) groups is 2. The van der Waals surface area contributed by atoms with E-state index in [1.54, 1.807) is 0 Å². The van der Waals surface area contributed by atoms with E-state index in [4.69, 9.17) is 4.74 Å². The molecule has 0 fully saturated rings. The maximum Gasteiger partial charge on any atom is 0.306 e. The Morgan fingerprint density at radius 2 is 1.81 bits per heavy atom. The second-order valence-electron chi connectivity index (χ2n) is 6.78. The van der Waals surface area contributed by atoms with E-state index >= 15 is 0 Å². The molecule has 2 aromatic rings. The summed E-state index contributed by atoms with van der Waals surface area (Å²) in [6.45, 7) is 3.64. The first-order valence-corrected chi connectivity index (χ1v) is 10.4. The molecule has 0 N–H and O–H groups in total. The number of aromatic nitrogens is 2. The molecule has 0 unspecified atom stereocenters. The van der Waals surface area contributed by atoms with Gasteiger partial charge in [0.1, 0.15) is 0 Å². The Balaban J connectivity index is 1.52. The smallest absolute Gasteiger partial charge is 0.306 e.